The third-order valence-corrected chi connectivity index (χ3v) is 3.33. The van der Waals surface area contributed by atoms with E-state index >= 15 is 0 Å². The second kappa shape index (κ2) is 9.08. The van der Waals surface area contributed by atoms with Crippen LogP contribution in [-0.2, 0) is 14.3 Å². The smallest absolute Gasteiger partial charge is 0.222 e. The van der Waals surface area contributed by atoms with Crippen molar-refractivity contribution in [1.82, 2.24) is 4.90 Å². The molecule has 0 saturated carbocycles. The number of ketones is 1. The lowest BCUT2D eigenvalue weighted by atomic mass is 10.1. The molecule has 0 aromatic carbocycles. The molecule has 0 saturated heterocycles. The molecule has 0 aromatic rings. The molecule has 0 bridgehead atoms. The molecule has 0 aromatic heterocycles. The van der Waals surface area contributed by atoms with Crippen molar-refractivity contribution in [3.8, 4) is 0 Å². The second-order valence-electron chi connectivity index (χ2n) is 5.54. The van der Waals surface area contributed by atoms with E-state index in [4.69, 9.17) is 4.74 Å². The van der Waals surface area contributed by atoms with E-state index in [-0.39, 0.29) is 11.7 Å². The molecule has 0 heterocycles. The standard InChI is InChI=1S/C15H29NO3/c1-6-11-16(5)14(18)10-8-7-9-12-19-15(3,4)13(2)17/h6-12H2,1-5H3. The van der Waals surface area contributed by atoms with Crippen molar-refractivity contribution < 1.29 is 14.3 Å². The first-order chi connectivity index (χ1) is 8.81. The lowest BCUT2D eigenvalue weighted by Gasteiger charge is -2.21. The number of Topliss-reactive ketones (excluding diaryl/α,β-unsaturated/α-hetero) is 1. The quantitative estimate of drug-likeness (QED) is 0.574. The maximum absolute atomic E-state index is 11.7. The molecule has 0 aliphatic heterocycles. The summed E-state index contributed by atoms with van der Waals surface area (Å²) in [5, 5.41) is 0. The molecule has 0 unspecified atom stereocenters. The van der Waals surface area contributed by atoms with Gasteiger partial charge in [-0.15, -0.1) is 0 Å². The SMILES string of the molecule is CCCN(C)C(=O)CCCCCOC(C)(C)C(C)=O. The van der Waals surface area contributed by atoms with Gasteiger partial charge in [0.05, 0.1) is 0 Å². The van der Waals surface area contributed by atoms with Crippen LogP contribution in [-0.4, -0.2) is 42.4 Å². The van der Waals surface area contributed by atoms with E-state index < -0.39 is 5.60 Å². The second-order valence-corrected chi connectivity index (χ2v) is 5.54. The van der Waals surface area contributed by atoms with Gasteiger partial charge in [-0.2, -0.15) is 0 Å². The highest BCUT2D eigenvalue weighted by molar-refractivity contribution is 5.83. The van der Waals surface area contributed by atoms with Gasteiger partial charge in [0.2, 0.25) is 5.91 Å². The van der Waals surface area contributed by atoms with E-state index in [1.54, 1.807) is 25.7 Å². The molecule has 4 nitrogen and oxygen atoms in total. The Kier molecular flexibility index (Phi) is 8.65. The van der Waals surface area contributed by atoms with Crippen molar-refractivity contribution in [2.75, 3.05) is 20.2 Å². The van der Waals surface area contributed by atoms with Crippen LogP contribution >= 0.6 is 0 Å². The van der Waals surface area contributed by atoms with Crippen molar-refractivity contribution in [1.29, 1.82) is 0 Å². The van der Waals surface area contributed by atoms with Gasteiger partial charge in [-0.3, -0.25) is 9.59 Å². The first kappa shape index (κ1) is 18.1. The normalized spacial score (nSPS) is 11.4. The topological polar surface area (TPSA) is 46.6 Å². The molecule has 0 spiro atoms. The monoisotopic (exact) mass is 271 g/mol. The molecule has 19 heavy (non-hydrogen) atoms. The highest BCUT2D eigenvalue weighted by atomic mass is 16.5. The fourth-order valence-electron chi connectivity index (χ4n) is 1.63. The Morgan fingerprint density at radius 3 is 2.32 bits per heavy atom. The molecule has 1 amide bonds. The lowest BCUT2D eigenvalue weighted by molar-refractivity contribution is -0.138. The van der Waals surface area contributed by atoms with Crippen molar-refractivity contribution in [2.45, 2.75) is 65.4 Å². The average Bonchev–Trinajstić information content (AvgIpc) is 2.33. The molecule has 0 aliphatic carbocycles. The number of hydrogen-bond acceptors (Lipinski definition) is 3. The Balaban J connectivity index is 3.61. The van der Waals surface area contributed by atoms with E-state index in [0.717, 1.165) is 32.2 Å². The third kappa shape index (κ3) is 7.98. The van der Waals surface area contributed by atoms with Gasteiger partial charge in [0, 0.05) is 26.6 Å². The molecule has 0 fully saturated rings. The molecule has 0 aliphatic rings. The van der Waals surface area contributed by atoms with Crippen LogP contribution < -0.4 is 0 Å². The fraction of sp³-hybridized carbons (Fsp3) is 0.867. The summed E-state index contributed by atoms with van der Waals surface area (Å²) in [4.78, 5) is 24.7. The van der Waals surface area contributed by atoms with Crippen molar-refractivity contribution in [3.05, 3.63) is 0 Å². The van der Waals surface area contributed by atoms with Crippen LogP contribution in [0.5, 0.6) is 0 Å². The molecule has 0 radical (unpaired) electrons. The lowest BCUT2D eigenvalue weighted by Crippen LogP contribution is -2.33. The Hall–Kier alpha value is -0.900. The predicted octanol–water partition coefficient (Wildman–Crippen LogP) is 2.80. The summed E-state index contributed by atoms with van der Waals surface area (Å²) in [5.41, 5.74) is -0.683. The minimum Gasteiger partial charge on any atom is -0.368 e. The van der Waals surface area contributed by atoms with E-state index in [2.05, 4.69) is 6.92 Å². The van der Waals surface area contributed by atoms with Crippen LogP contribution in [0.25, 0.3) is 0 Å². The zero-order valence-electron chi connectivity index (χ0n) is 13.1. The summed E-state index contributed by atoms with van der Waals surface area (Å²) in [6.45, 7) is 8.59. The maximum atomic E-state index is 11.7. The molecule has 0 rings (SSSR count). The third-order valence-electron chi connectivity index (χ3n) is 3.33. The first-order valence-electron chi connectivity index (χ1n) is 7.20. The van der Waals surface area contributed by atoms with E-state index in [9.17, 15) is 9.59 Å². The number of nitrogens with zero attached hydrogens (tertiary/aromatic N) is 1. The van der Waals surface area contributed by atoms with Gasteiger partial charge in [0.1, 0.15) is 5.60 Å². The molecule has 0 N–H and O–H groups in total. The van der Waals surface area contributed by atoms with Gasteiger partial charge in [0.25, 0.3) is 0 Å². The van der Waals surface area contributed by atoms with Gasteiger partial charge in [0.15, 0.2) is 5.78 Å². The highest BCUT2D eigenvalue weighted by Gasteiger charge is 2.23. The summed E-state index contributed by atoms with van der Waals surface area (Å²) < 4.78 is 5.54. The van der Waals surface area contributed by atoms with Gasteiger partial charge in [-0.25, -0.2) is 0 Å². The van der Waals surface area contributed by atoms with Crippen LogP contribution in [0, 0.1) is 0 Å². The number of unbranched alkanes of at least 4 members (excludes halogenated alkanes) is 2. The van der Waals surface area contributed by atoms with Crippen LogP contribution in [0.2, 0.25) is 0 Å². The number of amides is 1. The first-order valence-corrected chi connectivity index (χ1v) is 7.20. The molecular formula is C15H29NO3. The zero-order chi connectivity index (χ0) is 14.9. The highest BCUT2D eigenvalue weighted by Crippen LogP contribution is 2.12. The minimum absolute atomic E-state index is 0.0452. The van der Waals surface area contributed by atoms with Crippen LogP contribution in [0.4, 0.5) is 0 Å². The largest absolute Gasteiger partial charge is 0.368 e. The minimum atomic E-state index is -0.683. The average molecular weight is 271 g/mol. The zero-order valence-corrected chi connectivity index (χ0v) is 13.1. The number of carbonyl (C=O) groups excluding carboxylic acids is 2. The van der Waals surface area contributed by atoms with Crippen LogP contribution in [0.1, 0.15) is 59.8 Å². The van der Waals surface area contributed by atoms with Gasteiger partial charge < -0.3 is 9.64 Å². The molecule has 4 heteroatoms. The Bertz CT molecular complexity index is 287. The predicted molar refractivity (Wildman–Crippen MR) is 77.1 cm³/mol. The Morgan fingerprint density at radius 1 is 1.16 bits per heavy atom. The van der Waals surface area contributed by atoms with Crippen molar-refractivity contribution >= 4 is 11.7 Å². The summed E-state index contributed by atoms with van der Waals surface area (Å²) in [6.07, 6.45) is 4.33. The van der Waals surface area contributed by atoms with Crippen LogP contribution in [0.3, 0.4) is 0 Å². The number of ether oxygens (including phenoxy) is 1. The van der Waals surface area contributed by atoms with E-state index in [1.165, 1.54) is 0 Å². The Labute approximate surface area is 117 Å². The van der Waals surface area contributed by atoms with Crippen molar-refractivity contribution in [3.63, 3.8) is 0 Å². The van der Waals surface area contributed by atoms with Crippen molar-refractivity contribution in [2.24, 2.45) is 0 Å². The molecule has 0 atom stereocenters. The number of hydrogen-bond donors (Lipinski definition) is 0. The summed E-state index contributed by atoms with van der Waals surface area (Å²) >= 11 is 0. The van der Waals surface area contributed by atoms with Gasteiger partial charge >= 0.3 is 0 Å². The van der Waals surface area contributed by atoms with Crippen LogP contribution in [0.15, 0.2) is 0 Å². The molecule has 112 valence electrons. The van der Waals surface area contributed by atoms with Gasteiger partial charge in [-0.05, 0) is 40.0 Å². The molecular weight excluding hydrogens is 242 g/mol. The summed E-state index contributed by atoms with van der Waals surface area (Å²) in [6, 6.07) is 0. The fourth-order valence-corrected chi connectivity index (χ4v) is 1.63. The van der Waals surface area contributed by atoms with E-state index in [0.29, 0.717) is 13.0 Å². The maximum Gasteiger partial charge on any atom is 0.222 e. The summed E-state index contributed by atoms with van der Waals surface area (Å²) in [5.74, 6) is 0.260. The summed E-state index contributed by atoms with van der Waals surface area (Å²) in [7, 11) is 1.85. The Morgan fingerprint density at radius 2 is 1.79 bits per heavy atom. The van der Waals surface area contributed by atoms with E-state index in [1.807, 2.05) is 7.05 Å². The number of carbonyl (C=O) groups is 2. The number of rotatable bonds is 10. The van der Waals surface area contributed by atoms with Gasteiger partial charge in [-0.1, -0.05) is 13.3 Å².